The highest BCUT2D eigenvalue weighted by molar-refractivity contribution is 5.97. The first-order valence-electron chi connectivity index (χ1n) is 8.61. The van der Waals surface area contributed by atoms with Gasteiger partial charge in [-0.25, -0.2) is 4.79 Å². The highest BCUT2D eigenvalue weighted by atomic mass is 16.6. The highest BCUT2D eigenvalue weighted by Gasteiger charge is 2.13. The molecule has 0 aromatic heterocycles. The number of esters is 2. The van der Waals surface area contributed by atoms with Crippen LogP contribution in [0.5, 0.6) is 11.5 Å². The van der Waals surface area contributed by atoms with Gasteiger partial charge in [-0.2, -0.15) is 5.26 Å². The third kappa shape index (κ3) is 5.71. The molecule has 6 heteroatoms. The summed E-state index contributed by atoms with van der Waals surface area (Å²) in [7, 11) is 2.64. The second-order valence-electron chi connectivity index (χ2n) is 6.03. The molecular weight excluding hydrogens is 358 g/mol. The fourth-order valence-corrected chi connectivity index (χ4v) is 2.45. The molecule has 0 radical (unpaired) electrons. The second-order valence-corrected chi connectivity index (χ2v) is 6.03. The summed E-state index contributed by atoms with van der Waals surface area (Å²) in [6.45, 7) is 2.01. The van der Waals surface area contributed by atoms with Gasteiger partial charge in [0.15, 0.2) is 11.5 Å². The van der Waals surface area contributed by atoms with Crippen molar-refractivity contribution < 1.29 is 23.8 Å². The Morgan fingerprint density at radius 2 is 1.79 bits per heavy atom. The monoisotopic (exact) mass is 379 g/mol. The van der Waals surface area contributed by atoms with Crippen molar-refractivity contribution in [2.75, 3.05) is 14.2 Å². The van der Waals surface area contributed by atoms with Crippen molar-refractivity contribution in [2.24, 2.45) is 0 Å². The van der Waals surface area contributed by atoms with Crippen molar-refractivity contribution in [2.45, 2.75) is 19.8 Å². The van der Waals surface area contributed by atoms with E-state index in [-0.39, 0.29) is 23.7 Å². The summed E-state index contributed by atoms with van der Waals surface area (Å²) in [6, 6.07) is 14.5. The normalized spacial score (nSPS) is 10.7. The molecule has 0 bridgehead atoms. The minimum absolute atomic E-state index is 0.146. The van der Waals surface area contributed by atoms with E-state index in [0.29, 0.717) is 17.7 Å². The predicted molar refractivity (Wildman–Crippen MR) is 104 cm³/mol. The summed E-state index contributed by atoms with van der Waals surface area (Å²) in [5.41, 5.74) is 2.62. The van der Waals surface area contributed by atoms with Gasteiger partial charge in [0.2, 0.25) is 0 Å². The number of ether oxygens (including phenoxy) is 3. The molecule has 0 aliphatic heterocycles. The van der Waals surface area contributed by atoms with Gasteiger partial charge in [-0.05, 0) is 42.7 Å². The lowest BCUT2D eigenvalue weighted by molar-refractivity contribution is -0.136. The number of hydrogen-bond donors (Lipinski definition) is 0. The van der Waals surface area contributed by atoms with Crippen LogP contribution in [0.4, 0.5) is 0 Å². The van der Waals surface area contributed by atoms with E-state index in [0.717, 1.165) is 11.1 Å². The molecule has 28 heavy (non-hydrogen) atoms. The molecule has 0 saturated carbocycles. The van der Waals surface area contributed by atoms with Gasteiger partial charge < -0.3 is 14.2 Å². The Hall–Kier alpha value is -3.59. The minimum Gasteiger partial charge on any atom is -0.493 e. The van der Waals surface area contributed by atoms with E-state index in [1.807, 2.05) is 31.2 Å². The van der Waals surface area contributed by atoms with Crippen LogP contribution in [0.2, 0.25) is 0 Å². The Kier molecular flexibility index (Phi) is 7.35. The summed E-state index contributed by atoms with van der Waals surface area (Å²) in [6.07, 6.45) is 2.18. The number of nitriles is 1. The number of aryl methyl sites for hydroxylation is 2. The molecule has 0 atom stereocenters. The van der Waals surface area contributed by atoms with Crippen LogP contribution in [0, 0.1) is 18.3 Å². The lowest BCUT2D eigenvalue weighted by atomic mass is 10.1. The van der Waals surface area contributed by atoms with E-state index < -0.39 is 5.97 Å². The van der Waals surface area contributed by atoms with Gasteiger partial charge in [0.1, 0.15) is 11.6 Å². The van der Waals surface area contributed by atoms with E-state index >= 15 is 0 Å². The maximum absolute atomic E-state index is 12.2. The molecule has 0 amide bonds. The quantitative estimate of drug-likeness (QED) is 0.316. The number of methoxy groups -OCH3 is 2. The van der Waals surface area contributed by atoms with E-state index in [4.69, 9.17) is 14.7 Å². The van der Waals surface area contributed by atoms with Gasteiger partial charge in [0.25, 0.3) is 0 Å². The number of benzene rings is 2. The Labute approximate surface area is 164 Å². The van der Waals surface area contributed by atoms with Gasteiger partial charge in [0, 0.05) is 6.42 Å². The summed E-state index contributed by atoms with van der Waals surface area (Å²) in [5, 5.41) is 9.04. The Bertz CT molecular complexity index is 923. The van der Waals surface area contributed by atoms with Crippen LogP contribution in [0.25, 0.3) is 6.08 Å². The van der Waals surface area contributed by atoms with Crippen molar-refractivity contribution in [3.8, 4) is 17.6 Å². The van der Waals surface area contributed by atoms with Gasteiger partial charge in [-0.15, -0.1) is 0 Å². The zero-order valence-corrected chi connectivity index (χ0v) is 16.0. The number of carbonyl (C=O) groups is 2. The van der Waals surface area contributed by atoms with Gasteiger partial charge in [-0.1, -0.05) is 35.9 Å². The molecule has 2 aromatic rings. The molecule has 144 valence electrons. The maximum Gasteiger partial charge on any atom is 0.348 e. The zero-order valence-electron chi connectivity index (χ0n) is 16.0. The average Bonchev–Trinajstić information content (AvgIpc) is 2.71. The maximum atomic E-state index is 12.2. The molecule has 0 unspecified atom stereocenters. The SMILES string of the molecule is COC(=O)/C(C#N)=C/c1ccc(OC(=O)CCc2ccc(C)cc2)c(OC)c1. The van der Waals surface area contributed by atoms with Crippen LogP contribution in [-0.2, 0) is 20.7 Å². The van der Waals surface area contributed by atoms with Crippen LogP contribution >= 0.6 is 0 Å². The molecule has 0 fully saturated rings. The first-order valence-corrected chi connectivity index (χ1v) is 8.61. The number of carbonyl (C=O) groups excluding carboxylic acids is 2. The van der Waals surface area contributed by atoms with Crippen molar-refractivity contribution >= 4 is 18.0 Å². The topological polar surface area (TPSA) is 85.6 Å². The van der Waals surface area contributed by atoms with Crippen molar-refractivity contribution in [3.63, 3.8) is 0 Å². The standard InChI is InChI=1S/C22H21NO5/c1-15-4-6-16(7-5-15)9-11-21(24)28-19-10-8-17(13-20(19)26-2)12-18(14-23)22(25)27-3/h4-8,10,12-13H,9,11H2,1-3H3/b18-12+. The third-order valence-corrected chi connectivity index (χ3v) is 3.99. The molecule has 2 aromatic carbocycles. The van der Waals surface area contributed by atoms with E-state index in [1.165, 1.54) is 20.3 Å². The first kappa shape index (κ1) is 20.7. The molecule has 0 heterocycles. The van der Waals surface area contributed by atoms with Gasteiger partial charge in [-0.3, -0.25) is 4.79 Å². The smallest absolute Gasteiger partial charge is 0.348 e. The molecule has 0 N–H and O–H groups in total. The minimum atomic E-state index is -0.729. The van der Waals surface area contributed by atoms with Crippen LogP contribution in [0.15, 0.2) is 48.0 Å². The van der Waals surface area contributed by atoms with Gasteiger partial charge >= 0.3 is 11.9 Å². The lowest BCUT2D eigenvalue weighted by Gasteiger charge is -2.10. The van der Waals surface area contributed by atoms with Crippen LogP contribution < -0.4 is 9.47 Å². The molecular formula is C22H21NO5. The summed E-state index contributed by atoms with van der Waals surface area (Å²) < 4.78 is 15.2. The Balaban J connectivity index is 2.08. The zero-order chi connectivity index (χ0) is 20.5. The predicted octanol–water partition coefficient (Wildman–Crippen LogP) is 3.62. The highest BCUT2D eigenvalue weighted by Crippen LogP contribution is 2.29. The number of hydrogen-bond acceptors (Lipinski definition) is 6. The van der Waals surface area contributed by atoms with Crippen molar-refractivity contribution in [3.05, 3.63) is 64.7 Å². The number of nitrogens with zero attached hydrogens (tertiary/aromatic N) is 1. The molecule has 0 saturated heterocycles. The first-order chi connectivity index (χ1) is 13.5. The second kappa shape index (κ2) is 9.93. The van der Waals surface area contributed by atoms with Gasteiger partial charge in [0.05, 0.1) is 14.2 Å². The van der Waals surface area contributed by atoms with Crippen molar-refractivity contribution in [1.82, 2.24) is 0 Å². The molecule has 2 rings (SSSR count). The summed E-state index contributed by atoms with van der Waals surface area (Å²) in [4.78, 5) is 23.7. The van der Waals surface area contributed by atoms with E-state index in [9.17, 15) is 9.59 Å². The fourth-order valence-electron chi connectivity index (χ4n) is 2.45. The lowest BCUT2D eigenvalue weighted by Crippen LogP contribution is -2.10. The van der Waals surface area contributed by atoms with Crippen LogP contribution in [-0.4, -0.2) is 26.2 Å². The fraction of sp³-hybridized carbons (Fsp3) is 0.227. The summed E-state index contributed by atoms with van der Waals surface area (Å²) >= 11 is 0. The third-order valence-electron chi connectivity index (χ3n) is 3.99. The van der Waals surface area contributed by atoms with Crippen molar-refractivity contribution in [1.29, 1.82) is 5.26 Å². The van der Waals surface area contributed by atoms with Crippen LogP contribution in [0.3, 0.4) is 0 Å². The Morgan fingerprint density at radius 1 is 1.07 bits per heavy atom. The molecule has 0 aliphatic carbocycles. The Morgan fingerprint density at radius 3 is 2.39 bits per heavy atom. The van der Waals surface area contributed by atoms with E-state index in [2.05, 4.69) is 4.74 Å². The number of rotatable bonds is 7. The summed E-state index contributed by atoms with van der Waals surface area (Å²) in [5.74, 6) is -0.521. The average molecular weight is 379 g/mol. The van der Waals surface area contributed by atoms with Crippen LogP contribution in [0.1, 0.15) is 23.1 Å². The molecule has 6 nitrogen and oxygen atoms in total. The van der Waals surface area contributed by atoms with E-state index in [1.54, 1.807) is 24.3 Å². The molecule has 0 aliphatic rings. The molecule has 0 spiro atoms. The largest absolute Gasteiger partial charge is 0.493 e.